The minimum absolute atomic E-state index is 0.0185. The molecule has 8 nitrogen and oxygen atoms in total. The van der Waals surface area contributed by atoms with Gasteiger partial charge in [-0.25, -0.2) is 4.68 Å². The highest BCUT2D eigenvalue weighted by Crippen LogP contribution is 2.44. The molecule has 0 unspecified atom stereocenters. The van der Waals surface area contributed by atoms with Crippen LogP contribution in [0, 0.1) is 0 Å². The van der Waals surface area contributed by atoms with Crippen molar-refractivity contribution in [3.63, 3.8) is 0 Å². The van der Waals surface area contributed by atoms with E-state index in [0.717, 1.165) is 12.1 Å². The van der Waals surface area contributed by atoms with Crippen LogP contribution in [0.4, 0.5) is 24.5 Å². The van der Waals surface area contributed by atoms with E-state index in [1.165, 1.54) is 21.8 Å². The number of hydrogen-bond acceptors (Lipinski definition) is 4. The van der Waals surface area contributed by atoms with Gasteiger partial charge in [-0.3, -0.25) is 19.3 Å². The molecule has 3 aromatic rings. The van der Waals surface area contributed by atoms with E-state index in [9.17, 15) is 27.6 Å². The summed E-state index contributed by atoms with van der Waals surface area (Å²) in [6.07, 6.45) is -1.08. The maximum absolute atomic E-state index is 13.3. The number of para-hydroxylation sites is 1. The third kappa shape index (κ3) is 3.90. The summed E-state index contributed by atoms with van der Waals surface area (Å²) in [4.78, 5) is 42.0. The van der Waals surface area contributed by atoms with Crippen molar-refractivity contribution in [1.82, 2.24) is 14.7 Å². The fourth-order valence-electron chi connectivity index (χ4n) is 4.89. The summed E-state index contributed by atoms with van der Waals surface area (Å²) in [5.74, 6) is -0.989. The van der Waals surface area contributed by atoms with Gasteiger partial charge in [-0.05, 0) is 49.7 Å². The molecule has 1 atom stereocenters. The maximum atomic E-state index is 13.3. The Morgan fingerprint density at radius 1 is 1.11 bits per heavy atom. The van der Waals surface area contributed by atoms with Gasteiger partial charge in [-0.2, -0.15) is 18.3 Å². The van der Waals surface area contributed by atoms with Gasteiger partial charge in [-0.1, -0.05) is 12.1 Å². The van der Waals surface area contributed by atoms with E-state index in [4.69, 9.17) is 0 Å². The standard InChI is InChI=1S/C25H22F3N5O3/c1-24-11-9-22(35)33(24)19-6-3-2-5-17(19)23(36)31(24)14-10-21(34)30-18-15-16(25(26,27)28)7-8-20(18)32-13-4-12-29-32/h2-8,12-13,15H,9-11,14H2,1H3,(H,30,34)/t24-/m1/s1. The van der Waals surface area contributed by atoms with E-state index in [0.29, 0.717) is 17.7 Å². The number of fused-ring (bicyclic) bond motifs is 3. The molecule has 2 aliphatic rings. The van der Waals surface area contributed by atoms with Gasteiger partial charge < -0.3 is 10.2 Å². The average Bonchev–Trinajstić information content (AvgIpc) is 3.47. The summed E-state index contributed by atoms with van der Waals surface area (Å²) >= 11 is 0. The lowest BCUT2D eigenvalue weighted by Gasteiger charge is -2.48. The van der Waals surface area contributed by atoms with Gasteiger partial charge in [0.05, 0.1) is 28.2 Å². The van der Waals surface area contributed by atoms with Gasteiger partial charge in [0, 0.05) is 31.8 Å². The van der Waals surface area contributed by atoms with Gasteiger partial charge >= 0.3 is 6.18 Å². The first-order valence-electron chi connectivity index (χ1n) is 11.3. The molecule has 1 N–H and O–H groups in total. The highest BCUT2D eigenvalue weighted by Gasteiger charge is 2.52. The zero-order chi connectivity index (χ0) is 25.7. The van der Waals surface area contributed by atoms with Crippen molar-refractivity contribution in [2.24, 2.45) is 0 Å². The number of amides is 3. The van der Waals surface area contributed by atoms with Crippen molar-refractivity contribution in [3.05, 3.63) is 72.1 Å². The number of nitrogens with one attached hydrogen (secondary N) is 1. The fourth-order valence-corrected chi connectivity index (χ4v) is 4.89. The Morgan fingerprint density at radius 2 is 1.89 bits per heavy atom. The Kier molecular flexibility index (Phi) is 5.57. The largest absolute Gasteiger partial charge is 0.416 e. The Labute approximate surface area is 204 Å². The van der Waals surface area contributed by atoms with Crippen LogP contribution in [0.3, 0.4) is 0 Å². The first-order valence-corrected chi connectivity index (χ1v) is 11.3. The van der Waals surface area contributed by atoms with Gasteiger partial charge in [-0.15, -0.1) is 0 Å². The number of halogens is 3. The van der Waals surface area contributed by atoms with E-state index >= 15 is 0 Å². The number of anilines is 2. The zero-order valence-corrected chi connectivity index (χ0v) is 19.2. The van der Waals surface area contributed by atoms with Crippen LogP contribution in [0.25, 0.3) is 5.69 Å². The van der Waals surface area contributed by atoms with Gasteiger partial charge in [0.15, 0.2) is 0 Å². The third-order valence-electron chi connectivity index (χ3n) is 6.66. The van der Waals surface area contributed by atoms with Crippen molar-refractivity contribution in [1.29, 1.82) is 0 Å². The fraction of sp³-hybridized carbons (Fsp3) is 0.280. The molecule has 36 heavy (non-hydrogen) atoms. The van der Waals surface area contributed by atoms with Crippen LogP contribution in [-0.2, 0) is 15.8 Å². The first-order chi connectivity index (χ1) is 17.1. The number of hydrogen-bond donors (Lipinski definition) is 1. The van der Waals surface area contributed by atoms with Crippen LogP contribution in [-0.4, -0.2) is 44.6 Å². The molecule has 2 aromatic carbocycles. The van der Waals surface area contributed by atoms with Gasteiger partial charge in [0.2, 0.25) is 11.8 Å². The molecule has 11 heteroatoms. The maximum Gasteiger partial charge on any atom is 0.416 e. The summed E-state index contributed by atoms with van der Waals surface area (Å²) in [6.45, 7) is 1.77. The van der Waals surface area contributed by atoms with Crippen molar-refractivity contribution in [2.75, 3.05) is 16.8 Å². The lowest BCUT2D eigenvalue weighted by Crippen LogP contribution is -2.62. The highest BCUT2D eigenvalue weighted by atomic mass is 19.4. The molecule has 186 valence electrons. The number of carbonyl (C=O) groups excluding carboxylic acids is 3. The number of carbonyl (C=O) groups is 3. The normalized spacial score (nSPS) is 19.3. The van der Waals surface area contributed by atoms with Crippen LogP contribution in [0.2, 0.25) is 0 Å². The molecule has 1 aromatic heterocycles. The summed E-state index contributed by atoms with van der Waals surface area (Å²) < 4.78 is 41.3. The first kappa shape index (κ1) is 23.6. The Bertz CT molecular complexity index is 1360. The van der Waals surface area contributed by atoms with Crippen LogP contribution < -0.4 is 10.2 Å². The topological polar surface area (TPSA) is 87.5 Å². The molecule has 0 aliphatic carbocycles. The molecule has 0 spiro atoms. The second-order valence-electron chi connectivity index (χ2n) is 8.90. The molecule has 1 fully saturated rings. The van der Waals surface area contributed by atoms with E-state index in [1.54, 1.807) is 48.4 Å². The summed E-state index contributed by atoms with van der Waals surface area (Å²) in [5.41, 5.74) is -0.726. The van der Waals surface area contributed by atoms with E-state index in [1.807, 2.05) is 0 Å². The second kappa shape index (κ2) is 8.51. The number of nitrogens with zero attached hydrogens (tertiary/aromatic N) is 4. The SMILES string of the molecule is C[C@]12CCC(=O)N1c1ccccc1C(=O)N2CCC(=O)Nc1cc(C(F)(F)F)ccc1-n1cccn1. The highest BCUT2D eigenvalue weighted by molar-refractivity contribution is 6.10. The van der Waals surface area contributed by atoms with Gasteiger partial charge in [0.1, 0.15) is 5.66 Å². The molecule has 5 rings (SSSR count). The zero-order valence-electron chi connectivity index (χ0n) is 19.2. The predicted molar refractivity (Wildman–Crippen MR) is 124 cm³/mol. The van der Waals surface area contributed by atoms with E-state index in [2.05, 4.69) is 10.4 Å². The molecule has 1 saturated heterocycles. The van der Waals surface area contributed by atoms with Gasteiger partial charge in [0.25, 0.3) is 5.91 Å². The van der Waals surface area contributed by atoms with E-state index < -0.39 is 23.3 Å². The summed E-state index contributed by atoms with van der Waals surface area (Å²) in [6, 6.07) is 11.4. The predicted octanol–water partition coefficient (Wildman–Crippen LogP) is 4.22. The average molecular weight is 497 g/mol. The molecule has 3 amide bonds. The molecule has 0 radical (unpaired) electrons. The molecule has 3 heterocycles. The quantitative estimate of drug-likeness (QED) is 0.572. The Morgan fingerprint density at radius 3 is 2.61 bits per heavy atom. The lowest BCUT2D eigenvalue weighted by molar-refractivity contribution is -0.137. The number of aromatic nitrogens is 2. The Balaban J connectivity index is 1.39. The minimum Gasteiger partial charge on any atom is -0.324 e. The number of alkyl halides is 3. The van der Waals surface area contributed by atoms with Crippen LogP contribution in [0.5, 0.6) is 0 Å². The molecule has 0 bridgehead atoms. The van der Waals surface area contributed by atoms with Crippen LogP contribution >= 0.6 is 0 Å². The number of rotatable bonds is 5. The molecule has 0 saturated carbocycles. The monoisotopic (exact) mass is 497 g/mol. The Hall–Kier alpha value is -4.15. The molecular weight excluding hydrogens is 475 g/mol. The summed E-state index contributed by atoms with van der Waals surface area (Å²) in [5, 5.41) is 6.59. The third-order valence-corrected chi connectivity index (χ3v) is 6.66. The summed E-state index contributed by atoms with van der Waals surface area (Å²) in [7, 11) is 0. The second-order valence-corrected chi connectivity index (χ2v) is 8.90. The van der Waals surface area contributed by atoms with Crippen molar-refractivity contribution in [3.8, 4) is 5.69 Å². The van der Waals surface area contributed by atoms with E-state index in [-0.39, 0.29) is 42.6 Å². The van der Waals surface area contributed by atoms with Crippen LogP contribution in [0.1, 0.15) is 42.1 Å². The van der Waals surface area contributed by atoms with Crippen molar-refractivity contribution in [2.45, 2.75) is 38.0 Å². The van der Waals surface area contributed by atoms with Crippen molar-refractivity contribution < 1.29 is 27.6 Å². The minimum atomic E-state index is -4.59. The van der Waals surface area contributed by atoms with Crippen molar-refractivity contribution >= 4 is 29.1 Å². The smallest absolute Gasteiger partial charge is 0.324 e. The number of benzene rings is 2. The molecular formula is C25H22F3N5O3. The lowest BCUT2D eigenvalue weighted by atomic mass is 9.98. The molecule has 2 aliphatic heterocycles. The van der Waals surface area contributed by atoms with Crippen LogP contribution in [0.15, 0.2) is 60.9 Å².